The summed E-state index contributed by atoms with van der Waals surface area (Å²) in [5, 5.41) is 12.9. The van der Waals surface area contributed by atoms with Crippen molar-refractivity contribution in [2.45, 2.75) is 13.8 Å². The summed E-state index contributed by atoms with van der Waals surface area (Å²) in [6, 6.07) is 18.5. The molecule has 3 aromatic carbocycles. The van der Waals surface area contributed by atoms with E-state index in [4.69, 9.17) is 0 Å². The lowest BCUT2D eigenvalue weighted by Gasteiger charge is -2.13. The molecule has 2 nitrogen and oxygen atoms in total. The number of aromatic amines is 1. The van der Waals surface area contributed by atoms with Crippen LogP contribution in [0.3, 0.4) is 0 Å². The minimum atomic E-state index is 0.385. The van der Waals surface area contributed by atoms with Crippen molar-refractivity contribution in [1.29, 1.82) is 0 Å². The number of aromatic nitrogens is 1. The molecule has 0 amide bonds. The highest BCUT2D eigenvalue weighted by Crippen LogP contribution is 2.42. The van der Waals surface area contributed by atoms with Crippen molar-refractivity contribution in [3.8, 4) is 16.9 Å². The maximum absolute atomic E-state index is 10.6. The molecule has 4 rings (SSSR count). The Kier molecular flexibility index (Phi) is 2.73. The van der Waals surface area contributed by atoms with Gasteiger partial charge in [0, 0.05) is 33.0 Å². The van der Waals surface area contributed by atoms with E-state index in [0.29, 0.717) is 5.75 Å². The van der Waals surface area contributed by atoms with E-state index in [9.17, 15) is 5.11 Å². The summed E-state index contributed by atoms with van der Waals surface area (Å²) in [4.78, 5) is 3.54. The van der Waals surface area contributed by atoms with Crippen molar-refractivity contribution in [2.75, 3.05) is 0 Å². The maximum atomic E-state index is 10.6. The number of benzene rings is 3. The number of hydrogen-bond donors (Lipinski definition) is 2. The molecule has 0 saturated carbocycles. The van der Waals surface area contributed by atoms with Gasteiger partial charge in [-0.25, -0.2) is 0 Å². The Hall–Kier alpha value is -2.74. The molecule has 0 fully saturated rings. The number of nitrogens with one attached hydrogen (secondary N) is 1. The molecule has 2 N–H and O–H groups in total. The van der Waals surface area contributed by atoms with Crippen LogP contribution in [0.15, 0.2) is 54.6 Å². The van der Waals surface area contributed by atoms with Gasteiger partial charge in [0.2, 0.25) is 0 Å². The minimum absolute atomic E-state index is 0.385. The highest BCUT2D eigenvalue weighted by Gasteiger charge is 2.18. The number of aromatic hydroxyl groups is 1. The average Bonchev–Trinajstić information content (AvgIpc) is 2.93. The molecular weight excluding hydrogens is 270 g/mol. The van der Waals surface area contributed by atoms with Gasteiger partial charge in [0.05, 0.1) is 5.52 Å². The molecule has 108 valence electrons. The van der Waals surface area contributed by atoms with Crippen LogP contribution in [0.4, 0.5) is 0 Å². The summed E-state index contributed by atoms with van der Waals surface area (Å²) in [7, 11) is 0. The molecule has 1 heterocycles. The third kappa shape index (κ3) is 1.67. The molecular formula is C20H17NO. The van der Waals surface area contributed by atoms with Crippen molar-refractivity contribution >= 4 is 21.8 Å². The zero-order chi connectivity index (χ0) is 15.3. The summed E-state index contributed by atoms with van der Waals surface area (Å²) in [5.41, 5.74) is 6.25. The second-order valence-electron chi connectivity index (χ2n) is 5.76. The Bertz CT molecular complexity index is 997. The van der Waals surface area contributed by atoms with Crippen LogP contribution in [0.5, 0.6) is 5.75 Å². The normalized spacial score (nSPS) is 11.4. The Morgan fingerprint density at radius 3 is 2.27 bits per heavy atom. The fourth-order valence-corrected chi connectivity index (χ4v) is 3.39. The summed E-state index contributed by atoms with van der Waals surface area (Å²) < 4.78 is 0. The van der Waals surface area contributed by atoms with Gasteiger partial charge in [-0.2, -0.15) is 0 Å². The van der Waals surface area contributed by atoms with Crippen LogP contribution in [-0.2, 0) is 0 Å². The lowest BCUT2D eigenvalue weighted by molar-refractivity contribution is 0.468. The molecule has 0 atom stereocenters. The van der Waals surface area contributed by atoms with Crippen LogP contribution in [0.1, 0.15) is 11.1 Å². The lowest BCUT2D eigenvalue weighted by atomic mass is 9.93. The third-order valence-electron chi connectivity index (χ3n) is 4.48. The molecule has 0 aliphatic rings. The van der Waals surface area contributed by atoms with E-state index in [2.05, 4.69) is 29.2 Å². The van der Waals surface area contributed by atoms with Crippen molar-refractivity contribution < 1.29 is 5.11 Å². The maximum Gasteiger partial charge on any atom is 0.122 e. The largest absolute Gasteiger partial charge is 0.507 e. The van der Waals surface area contributed by atoms with Crippen LogP contribution in [0.25, 0.3) is 32.9 Å². The lowest BCUT2D eigenvalue weighted by Crippen LogP contribution is -1.90. The molecule has 0 spiro atoms. The molecule has 2 heteroatoms. The number of phenols is 1. The summed E-state index contributed by atoms with van der Waals surface area (Å²) >= 11 is 0. The predicted molar refractivity (Wildman–Crippen MR) is 92.4 cm³/mol. The number of fused-ring (bicyclic) bond motifs is 3. The first-order valence-corrected chi connectivity index (χ1v) is 7.46. The van der Waals surface area contributed by atoms with E-state index in [1.165, 1.54) is 0 Å². The Morgan fingerprint density at radius 1 is 0.818 bits per heavy atom. The molecule has 0 radical (unpaired) electrons. The molecule has 0 bridgehead atoms. The van der Waals surface area contributed by atoms with Gasteiger partial charge in [0.1, 0.15) is 5.75 Å². The average molecular weight is 287 g/mol. The van der Waals surface area contributed by atoms with Crippen LogP contribution in [0, 0.1) is 13.8 Å². The third-order valence-corrected chi connectivity index (χ3v) is 4.48. The van der Waals surface area contributed by atoms with Crippen molar-refractivity contribution in [3.63, 3.8) is 0 Å². The molecule has 4 aromatic rings. The number of aryl methyl sites for hydroxylation is 1. The van der Waals surface area contributed by atoms with Gasteiger partial charge in [-0.1, -0.05) is 48.5 Å². The van der Waals surface area contributed by atoms with Gasteiger partial charge >= 0.3 is 0 Å². The quantitative estimate of drug-likeness (QED) is 0.489. The van der Waals surface area contributed by atoms with Crippen molar-refractivity contribution in [2.24, 2.45) is 0 Å². The molecule has 0 unspecified atom stereocenters. The fraction of sp³-hybridized carbons (Fsp3) is 0.100. The smallest absolute Gasteiger partial charge is 0.122 e. The number of phenolic OH excluding ortho intramolecular Hbond substituents is 1. The van der Waals surface area contributed by atoms with Crippen LogP contribution >= 0.6 is 0 Å². The SMILES string of the molecule is Cc1c(O)c(C)c2c([nH]c3ccccc32)c1-c1ccccc1. The van der Waals surface area contributed by atoms with E-state index in [1.807, 2.05) is 44.2 Å². The molecule has 22 heavy (non-hydrogen) atoms. The standard InChI is InChI=1S/C20H17NO/c1-12-17(14-8-4-3-5-9-14)19-18(13(2)20(12)22)15-10-6-7-11-16(15)21-19/h3-11,21-22H,1-2H3. The number of H-pyrrole nitrogens is 1. The van der Waals surface area contributed by atoms with Crippen molar-refractivity contribution in [1.82, 2.24) is 4.98 Å². The van der Waals surface area contributed by atoms with Crippen LogP contribution in [-0.4, -0.2) is 10.1 Å². The minimum Gasteiger partial charge on any atom is -0.507 e. The molecule has 0 aliphatic carbocycles. The molecule has 0 saturated heterocycles. The van der Waals surface area contributed by atoms with Gasteiger partial charge in [-0.15, -0.1) is 0 Å². The molecule has 1 aromatic heterocycles. The highest BCUT2D eigenvalue weighted by atomic mass is 16.3. The Labute approximate surface area is 129 Å². The number of hydrogen-bond acceptors (Lipinski definition) is 1. The summed E-state index contributed by atoms with van der Waals surface area (Å²) in [6.45, 7) is 3.97. The first-order valence-electron chi connectivity index (χ1n) is 7.46. The topological polar surface area (TPSA) is 36.0 Å². The van der Waals surface area contributed by atoms with E-state index in [1.54, 1.807) is 0 Å². The highest BCUT2D eigenvalue weighted by molar-refractivity contribution is 6.15. The monoisotopic (exact) mass is 287 g/mol. The number of rotatable bonds is 1. The number of para-hydroxylation sites is 1. The second-order valence-corrected chi connectivity index (χ2v) is 5.76. The van der Waals surface area contributed by atoms with Gasteiger partial charge in [-0.3, -0.25) is 0 Å². The van der Waals surface area contributed by atoms with Gasteiger partial charge in [-0.05, 0) is 25.5 Å². The van der Waals surface area contributed by atoms with E-state index >= 15 is 0 Å². The van der Waals surface area contributed by atoms with Gasteiger partial charge in [0.15, 0.2) is 0 Å². The summed E-state index contributed by atoms with van der Waals surface area (Å²) in [5.74, 6) is 0.385. The Morgan fingerprint density at radius 2 is 1.50 bits per heavy atom. The van der Waals surface area contributed by atoms with E-state index in [0.717, 1.165) is 44.1 Å². The first kappa shape index (κ1) is 13.0. The molecule has 0 aliphatic heterocycles. The van der Waals surface area contributed by atoms with Gasteiger partial charge in [0.25, 0.3) is 0 Å². The zero-order valence-electron chi connectivity index (χ0n) is 12.6. The second kappa shape index (κ2) is 4.63. The van der Waals surface area contributed by atoms with E-state index in [-0.39, 0.29) is 0 Å². The fourth-order valence-electron chi connectivity index (χ4n) is 3.39. The predicted octanol–water partition coefficient (Wildman–Crippen LogP) is 5.31. The Balaban J connectivity index is 2.26. The van der Waals surface area contributed by atoms with Crippen LogP contribution in [0.2, 0.25) is 0 Å². The van der Waals surface area contributed by atoms with Gasteiger partial charge < -0.3 is 10.1 Å². The van der Waals surface area contributed by atoms with Crippen molar-refractivity contribution in [3.05, 3.63) is 65.7 Å². The summed E-state index contributed by atoms with van der Waals surface area (Å²) in [6.07, 6.45) is 0. The zero-order valence-corrected chi connectivity index (χ0v) is 12.6. The van der Waals surface area contributed by atoms with E-state index < -0.39 is 0 Å². The van der Waals surface area contributed by atoms with Crippen LogP contribution < -0.4 is 0 Å². The first-order chi connectivity index (χ1) is 10.7.